The molecule has 4 nitrogen and oxygen atoms in total. The summed E-state index contributed by atoms with van der Waals surface area (Å²) in [6, 6.07) is -0.475. The molecule has 66 valence electrons. The van der Waals surface area contributed by atoms with Crippen LogP contribution in [0.5, 0.6) is 0 Å². The number of hydrogen-bond acceptors (Lipinski definition) is 2. The average molecular weight is 160 g/mol. The molecule has 0 aliphatic carbocycles. The first kappa shape index (κ1) is 12.6. The van der Waals surface area contributed by atoms with E-state index in [1.807, 2.05) is 5.32 Å². The van der Waals surface area contributed by atoms with Gasteiger partial charge in [-0.2, -0.15) is 0 Å². The summed E-state index contributed by atoms with van der Waals surface area (Å²) in [5.74, 6) is -0.357. The van der Waals surface area contributed by atoms with Crippen LogP contribution in [0.2, 0.25) is 0 Å². The third-order valence-electron chi connectivity index (χ3n) is 0.517. The first-order valence-electron chi connectivity index (χ1n) is 3.57. The van der Waals surface area contributed by atoms with Crippen molar-refractivity contribution in [2.45, 2.75) is 27.2 Å². The fourth-order valence-corrected chi connectivity index (χ4v) is 0.222. The number of carbonyl (C=O) groups is 2. The van der Waals surface area contributed by atoms with Crippen LogP contribution in [0.3, 0.4) is 0 Å². The summed E-state index contributed by atoms with van der Waals surface area (Å²) in [5.41, 5.74) is 0. The van der Waals surface area contributed by atoms with Gasteiger partial charge < -0.3 is 5.32 Å². The molecule has 0 aliphatic rings. The van der Waals surface area contributed by atoms with Crippen molar-refractivity contribution in [3.05, 3.63) is 0 Å². The molecule has 0 saturated carbocycles. The van der Waals surface area contributed by atoms with E-state index in [2.05, 4.69) is 19.2 Å². The van der Waals surface area contributed by atoms with Gasteiger partial charge in [0, 0.05) is 14.0 Å². The number of rotatable bonds is 0. The maximum Gasteiger partial charge on any atom is 0.321 e. The number of urea groups is 1. The first-order valence-corrected chi connectivity index (χ1v) is 3.57. The fraction of sp³-hybridized carbons (Fsp3) is 0.714. The molecule has 0 rings (SSSR count). The standard InChI is InChI=1S/C4H8N2O2.C3H8/c1-3(7)6-4(8)5-2;1-3-2/h1-2H3,(H2,5,6,7,8);3H2,1-2H3. The number of hydrogen-bond donors (Lipinski definition) is 2. The molecule has 0 atom stereocenters. The predicted molar refractivity (Wildman–Crippen MR) is 44.2 cm³/mol. The van der Waals surface area contributed by atoms with Gasteiger partial charge in [-0.25, -0.2) is 4.79 Å². The van der Waals surface area contributed by atoms with Gasteiger partial charge in [-0.15, -0.1) is 0 Å². The zero-order valence-corrected chi connectivity index (χ0v) is 7.52. The lowest BCUT2D eigenvalue weighted by Crippen LogP contribution is -2.35. The van der Waals surface area contributed by atoms with Crippen LogP contribution in [0.4, 0.5) is 4.79 Å². The summed E-state index contributed by atoms with van der Waals surface area (Å²) in [7, 11) is 1.44. The van der Waals surface area contributed by atoms with Crippen LogP contribution in [-0.2, 0) is 4.79 Å². The van der Waals surface area contributed by atoms with E-state index in [1.165, 1.54) is 20.4 Å². The third kappa shape index (κ3) is 17.6. The summed E-state index contributed by atoms with van der Waals surface area (Å²) in [4.78, 5) is 20.2. The van der Waals surface area contributed by atoms with Gasteiger partial charge in [-0.3, -0.25) is 10.1 Å². The van der Waals surface area contributed by atoms with Crippen molar-refractivity contribution in [1.29, 1.82) is 0 Å². The van der Waals surface area contributed by atoms with E-state index >= 15 is 0 Å². The van der Waals surface area contributed by atoms with Gasteiger partial charge in [0.1, 0.15) is 0 Å². The zero-order valence-electron chi connectivity index (χ0n) is 7.52. The number of nitrogens with one attached hydrogen (secondary N) is 2. The van der Waals surface area contributed by atoms with Crippen LogP contribution >= 0.6 is 0 Å². The van der Waals surface area contributed by atoms with Crippen LogP contribution in [-0.4, -0.2) is 19.0 Å². The molecule has 0 aromatic carbocycles. The quantitative estimate of drug-likeness (QED) is 0.552. The van der Waals surface area contributed by atoms with E-state index in [9.17, 15) is 9.59 Å². The van der Waals surface area contributed by atoms with Gasteiger partial charge in [0.15, 0.2) is 0 Å². The molecule has 0 saturated heterocycles. The van der Waals surface area contributed by atoms with E-state index in [-0.39, 0.29) is 5.91 Å². The second-order valence-electron chi connectivity index (χ2n) is 1.97. The Morgan fingerprint density at radius 2 is 1.64 bits per heavy atom. The summed E-state index contributed by atoms with van der Waals surface area (Å²) in [6.45, 7) is 5.52. The lowest BCUT2D eigenvalue weighted by Gasteiger charge is -1.95. The Balaban J connectivity index is 0. The molecule has 0 aromatic rings. The lowest BCUT2D eigenvalue weighted by atomic mass is 10.6. The highest BCUT2D eigenvalue weighted by Crippen LogP contribution is 1.60. The molecule has 2 N–H and O–H groups in total. The summed E-state index contributed by atoms with van der Waals surface area (Å²) < 4.78 is 0. The Morgan fingerprint density at radius 1 is 1.27 bits per heavy atom. The molecule has 0 aliphatic heterocycles. The van der Waals surface area contributed by atoms with Crippen molar-refractivity contribution in [3.8, 4) is 0 Å². The van der Waals surface area contributed by atoms with Crippen LogP contribution in [0.15, 0.2) is 0 Å². The van der Waals surface area contributed by atoms with Crippen molar-refractivity contribution < 1.29 is 9.59 Å². The van der Waals surface area contributed by atoms with Crippen molar-refractivity contribution in [2.24, 2.45) is 0 Å². The summed E-state index contributed by atoms with van der Waals surface area (Å²) in [5, 5.41) is 4.23. The summed E-state index contributed by atoms with van der Waals surface area (Å²) >= 11 is 0. The first-order chi connectivity index (χ1) is 5.08. The van der Waals surface area contributed by atoms with Gasteiger partial charge in [0.05, 0.1) is 0 Å². The molecule has 0 bridgehead atoms. The Morgan fingerprint density at radius 3 is 1.73 bits per heavy atom. The molecule has 11 heavy (non-hydrogen) atoms. The van der Waals surface area contributed by atoms with Gasteiger partial charge >= 0.3 is 6.03 Å². The molecule has 3 amide bonds. The zero-order chi connectivity index (χ0) is 9.28. The van der Waals surface area contributed by atoms with E-state index in [1.54, 1.807) is 0 Å². The molecule has 0 aromatic heterocycles. The third-order valence-corrected chi connectivity index (χ3v) is 0.517. The van der Waals surface area contributed by atoms with Crippen LogP contribution in [0.1, 0.15) is 27.2 Å². The Bertz CT molecular complexity index is 124. The van der Waals surface area contributed by atoms with E-state index in [4.69, 9.17) is 0 Å². The van der Waals surface area contributed by atoms with Crippen LogP contribution in [0, 0.1) is 0 Å². The molecular weight excluding hydrogens is 144 g/mol. The van der Waals surface area contributed by atoms with Gasteiger partial charge in [0.2, 0.25) is 5.91 Å². The summed E-state index contributed by atoms with van der Waals surface area (Å²) in [6.07, 6.45) is 1.25. The average Bonchev–Trinajstić information content (AvgIpc) is 1.88. The number of carbonyl (C=O) groups excluding carboxylic acids is 2. The van der Waals surface area contributed by atoms with Crippen LogP contribution in [0.25, 0.3) is 0 Å². The Hall–Kier alpha value is -1.06. The lowest BCUT2D eigenvalue weighted by molar-refractivity contribution is -0.117. The van der Waals surface area contributed by atoms with Gasteiger partial charge in [-0.1, -0.05) is 20.3 Å². The van der Waals surface area contributed by atoms with Crippen LogP contribution < -0.4 is 10.6 Å². The minimum atomic E-state index is -0.475. The molecular formula is C7H16N2O2. The Labute approximate surface area is 67.4 Å². The maximum absolute atomic E-state index is 10.2. The second-order valence-corrected chi connectivity index (χ2v) is 1.97. The molecule has 0 radical (unpaired) electrons. The number of imide groups is 1. The molecule has 0 unspecified atom stereocenters. The molecule has 4 heteroatoms. The highest BCUT2D eigenvalue weighted by molar-refractivity contribution is 5.92. The smallest absolute Gasteiger partial charge is 0.321 e. The van der Waals surface area contributed by atoms with Crippen molar-refractivity contribution in [3.63, 3.8) is 0 Å². The van der Waals surface area contributed by atoms with Crippen molar-refractivity contribution in [1.82, 2.24) is 10.6 Å². The normalized spacial score (nSPS) is 7.27. The predicted octanol–water partition coefficient (Wildman–Crippen LogP) is 0.878. The molecule has 0 fully saturated rings. The van der Waals surface area contributed by atoms with E-state index in [0.29, 0.717) is 0 Å². The van der Waals surface area contributed by atoms with Crippen molar-refractivity contribution in [2.75, 3.05) is 7.05 Å². The Kier molecular flexibility index (Phi) is 10.2. The topological polar surface area (TPSA) is 58.2 Å². The van der Waals surface area contributed by atoms with Crippen molar-refractivity contribution >= 4 is 11.9 Å². The minimum absolute atomic E-state index is 0.357. The second kappa shape index (κ2) is 8.94. The van der Waals surface area contributed by atoms with Gasteiger partial charge in [0.25, 0.3) is 0 Å². The largest absolute Gasteiger partial charge is 0.341 e. The monoisotopic (exact) mass is 160 g/mol. The minimum Gasteiger partial charge on any atom is -0.341 e. The SMILES string of the molecule is CCC.CNC(=O)NC(C)=O. The van der Waals surface area contributed by atoms with E-state index in [0.717, 1.165) is 0 Å². The molecule has 0 spiro atoms. The number of amides is 3. The highest BCUT2D eigenvalue weighted by atomic mass is 16.2. The fourth-order valence-electron chi connectivity index (χ4n) is 0.222. The molecule has 0 heterocycles. The highest BCUT2D eigenvalue weighted by Gasteiger charge is 1.95. The maximum atomic E-state index is 10.2. The van der Waals surface area contributed by atoms with Gasteiger partial charge in [-0.05, 0) is 0 Å². The van der Waals surface area contributed by atoms with E-state index < -0.39 is 6.03 Å².